The predicted molar refractivity (Wildman–Crippen MR) is 132 cm³/mol. The summed E-state index contributed by atoms with van der Waals surface area (Å²) in [6.07, 6.45) is 2.75. The quantitative estimate of drug-likeness (QED) is 0.474. The van der Waals surface area contributed by atoms with Crippen molar-refractivity contribution in [1.82, 2.24) is 9.21 Å². The van der Waals surface area contributed by atoms with Crippen LogP contribution in [0, 0.1) is 0 Å². The Morgan fingerprint density at radius 3 is 2.50 bits per heavy atom. The molecule has 8 heteroatoms. The lowest BCUT2D eigenvalue weighted by Crippen LogP contribution is -2.49. The zero-order valence-electron chi connectivity index (χ0n) is 18.8. The summed E-state index contributed by atoms with van der Waals surface area (Å²) >= 11 is 0. The summed E-state index contributed by atoms with van der Waals surface area (Å²) in [6.45, 7) is 2.73. The van der Waals surface area contributed by atoms with Gasteiger partial charge in [-0.1, -0.05) is 54.6 Å². The van der Waals surface area contributed by atoms with Crippen molar-refractivity contribution in [3.63, 3.8) is 0 Å². The van der Waals surface area contributed by atoms with E-state index in [-0.39, 0.29) is 4.90 Å². The fourth-order valence-corrected chi connectivity index (χ4v) is 5.45. The molecule has 0 amide bonds. The number of nitrogens with zero attached hydrogens (tertiary/aromatic N) is 2. The molecule has 0 spiro atoms. The van der Waals surface area contributed by atoms with Gasteiger partial charge in [-0.25, -0.2) is 8.42 Å². The van der Waals surface area contributed by atoms with Crippen LogP contribution in [0.25, 0.3) is 16.8 Å². The van der Waals surface area contributed by atoms with Crippen LogP contribution < -0.4 is 4.74 Å². The first kappa shape index (κ1) is 24.1. The average molecular weight is 481 g/mol. The zero-order chi connectivity index (χ0) is 24.0. The minimum atomic E-state index is -3.63. The molecule has 0 atom stereocenters. The normalized spacial score (nSPS) is 15.7. The van der Waals surface area contributed by atoms with Crippen LogP contribution >= 0.6 is 0 Å². The molecule has 1 aliphatic rings. The molecule has 3 aromatic carbocycles. The molecule has 0 unspecified atom stereocenters. The van der Waals surface area contributed by atoms with Crippen molar-refractivity contribution in [2.45, 2.75) is 4.90 Å². The molecule has 0 saturated carbocycles. The van der Waals surface area contributed by atoms with Gasteiger partial charge in [0.15, 0.2) is 5.78 Å². The minimum Gasteiger partial charge on any atom is -0.492 e. The van der Waals surface area contributed by atoms with Gasteiger partial charge in [-0.15, -0.1) is 0 Å². The molecule has 1 heterocycles. The Balaban J connectivity index is 1.31. The van der Waals surface area contributed by atoms with E-state index in [1.807, 2.05) is 30.3 Å². The molecule has 1 saturated heterocycles. The van der Waals surface area contributed by atoms with E-state index in [0.717, 1.165) is 23.1 Å². The third-order valence-corrected chi connectivity index (χ3v) is 7.75. The zero-order valence-corrected chi connectivity index (χ0v) is 19.7. The van der Waals surface area contributed by atoms with E-state index in [9.17, 15) is 13.2 Å². The van der Waals surface area contributed by atoms with E-state index in [1.54, 1.807) is 24.3 Å². The topological polar surface area (TPSA) is 87.2 Å². The molecule has 3 aromatic rings. The molecule has 0 aliphatic carbocycles. The van der Waals surface area contributed by atoms with Crippen LogP contribution in [0.15, 0.2) is 77.7 Å². The second kappa shape index (κ2) is 10.9. The highest BCUT2D eigenvalue weighted by Crippen LogP contribution is 2.25. The number of hydrogen-bond donors (Lipinski definition) is 1. The number of piperazine rings is 1. The molecule has 1 N–H and O–H groups in total. The lowest BCUT2D eigenvalue weighted by Gasteiger charge is -2.33. The SMILES string of the molecule is O=C(/C=C/c1cccc(S(=O)(=O)N2CCN(CCOc3cccc4ccccc34)CC2)c1)CO. The molecule has 7 nitrogen and oxygen atoms in total. The largest absolute Gasteiger partial charge is 0.492 e. The van der Waals surface area contributed by atoms with E-state index < -0.39 is 22.4 Å². The Morgan fingerprint density at radius 1 is 0.971 bits per heavy atom. The average Bonchev–Trinajstić information content (AvgIpc) is 2.88. The van der Waals surface area contributed by atoms with Gasteiger partial charge in [-0.05, 0) is 35.2 Å². The maximum Gasteiger partial charge on any atom is 0.243 e. The molecule has 34 heavy (non-hydrogen) atoms. The van der Waals surface area contributed by atoms with Crippen molar-refractivity contribution < 1.29 is 23.1 Å². The fourth-order valence-electron chi connectivity index (χ4n) is 3.97. The highest BCUT2D eigenvalue weighted by Gasteiger charge is 2.28. The first-order valence-corrected chi connectivity index (χ1v) is 12.7. The number of carbonyl (C=O) groups is 1. The van der Waals surface area contributed by atoms with Gasteiger partial charge in [0, 0.05) is 38.1 Å². The van der Waals surface area contributed by atoms with Crippen molar-refractivity contribution in [1.29, 1.82) is 0 Å². The van der Waals surface area contributed by atoms with Crippen molar-refractivity contribution in [3.8, 4) is 5.75 Å². The van der Waals surface area contributed by atoms with Crippen molar-refractivity contribution >= 4 is 32.7 Å². The van der Waals surface area contributed by atoms with Crippen LogP contribution in [0.5, 0.6) is 5.75 Å². The van der Waals surface area contributed by atoms with Gasteiger partial charge >= 0.3 is 0 Å². The third kappa shape index (κ3) is 5.71. The summed E-state index contributed by atoms with van der Waals surface area (Å²) in [5.74, 6) is 0.419. The summed E-state index contributed by atoms with van der Waals surface area (Å²) in [6, 6.07) is 20.6. The Kier molecular flexibility index (Phi) is 7.74. The van der Waals surface area contributed by atoms with Crippen molar-refractivity contribution in [2.75, 3.05) is 45.9 Å². The van der Waals surface area contributed by atoms with Crippen LogP contribution in [0.4, 0.5) is 0 Å². The summed E-state index contributed by atoms with van der Waals surface area (Å²) in [5, 5.41) is 11.0. The van der Waals surface area contributed by atoms with Crippen LogP contribution in [-0.4, -0.2) is 74.5 Å². The second-order valence-electron chi connectivity index (χ2n) is 8.10. The number of aliphatic hydroxyl groups excluding tert-OH is 1. The monoisotopic (exact) mass is 480 g/mol. The number of carbonyl (C=O) groups excluding carboxylic acids is 1. The van der Waals surface area contributed by atoms with Crippen molar-refractivity contribution in [3.05, 3.63) is 78.4 Å². The van der Waals surface area contributed by atoms with Gasteiger partial charge in [0.2, 0.25) is 10.0 Å². The molecular formula is C26H28N2O5S. The second-order valence-corrected chi connectivity index (χ2v) is 10.0. The number of aliphatic hydroxyl groups is 1. The number of ether oxygens (including phenoxy) is 1. The molecule has 1 aliphatic heterocycles. The number of rotatable bonds is 9. The molecule has 178 valence electrons. The Hall–Kier alpha value is -3.04. The first-order chi connectivity index (χ1) is 16.5. The standard InChI is InChI=1S/C26H28N2O5S/c29-20-23(30)12-11-21-5-3-8-24(19-21)34(31,32)28-15-13-27(14-16-28)17-18-33-26-10-4-7-22-6-1-2-9-25(22)26/h1-12,19,29H,13-18,20H2/b12-11+. The summed E-state index contributed by atoms with van der Waals surface area (Å²) in [4.78, 5) is 13.7. The smallest absolute Gasteiger partial charge is 0.243 e. The number of hydrogen-bond acceptors (Lipinski definition) is 6. The van der Waals surface area contributed by atoms with E-state index in [1.165, 1.54) is 16.5 Å². The van der Waals surface area contributed by atoms with Crippen LogP contribution in [0.3, 0.4) is 0 Å². The minimum absolute atomic E-state index is 0.193. The van der Waals surface area contributed by atoms with Crippen LogP contribution in [-0.2, 0) is 14.8 Å². The molecule has 0 aromatic heterocycles. The summed E-state index contributed by atoms with van der Waals surface area (Å²) in [7, 11) is -3.63. The number of fused-ring (bicyclic) bond motifs is 1. The van der Waals surface area contributed by atoms with Gasteiger partial charge in [0.25, 0.3) is 0 Å². The highest BCUT2D eigenvalue weighted by molar-refractivity contribution is 7.89. The number of benzene rings is 3. The molecular weight excluding hydrogens is 452 g/mol. The maximum absolute atomic E-state index is 13.1. The Bertz CT molecular complexity index is 1280. The van der Waals surface area contributed by atoms with Gasteiger partial charge < -0.3 is 9.84 Å². The highest BCUT2D eigenvalue weighted by atomic mass is 32.2. The predicted octanol–water partition coefficient (Wildman–Crippen LogP) is 2.80. The van der Waals surface area contributed by atoms with Gasteiger partial charge in [-0.3, -0.25) is 9.69 Å². The van der Waals surface area contributed by atoms with Gasteiger partial charge in [0.1, 0.15) is 19.0 Å². The van der Waals surface area contributed by atoms with Gasteiger partial charge in [0.05, 0.1) is 4.90 Å². The Labute approximate surface area is 199 Å². The third-order valence-electron chi connectivity index (χ3n) is 5.86. The Morgan fingerprint density at radius 2 is 1.71 bits per heavy atom. The molecule has 0 radical (unpaired) electrons. The van der Waals surface area contributed by atoms with E-state index >= 15 is 0 Å². The van der Waals surface area contributed by atoms with Crippen LogP contribution in [0.2, 0.25) is 0 Å². The summed E-state index contributed by atoms with van der Waals surface area (Å²) < 4.78 is 33.8. The number of ketones is 1. The van der Waals surface area contributed by atoms with Gasteiger partial charge in [-0.2, -0.15) is 4.31 Å². The fraction of sp³-hybridized carbons (Fsp3) is 0.269. The lowest BCUT2D eigenvalue weighted by molar-refractivity contribution is -0.117. The first-order valence-electron chi connectivity index (χ1n) is 11.2. The summed E-state index contributed by atoms with van der Waals surface area (Å²) in [5.41, 5.74) is 0.590. The van der Waals surface area contributed by atoms with E-state index in [4.69, 9.17) is 9.84 Å². The van der Waals surface area contributed by atoms with Crippen molar-refractivity contribution in [2.24, 2.45) is 0 Å². The molecule has 1 fully saturated rings. The molecule has 4 rings (SSSR count). The lowest BCUT2D eigenvalue weighted by atomic mass is 10.1. The molecule has 0 bridgehead atoms. The number of sulfonamides is 1. The van der Waals surface area contributed by atoms with E-state index in [2.05, 4.69) is 17.0 Å². The maximum atomic E-state index is 13.1. The van der Waals surface area contributed by atoms with Crippen LogP contribution in [0.1, 0.15) is 5.56 Å². The van der Waals surface area contributed by atoms with E-state index in [0.29, 0.717) is 38.3 Å².